The molecule has 3 heteroatoms. The van der Waals surface area contributed by atoms with Gasteiger partial charge in [0.1, 0.15) is 0 Å². The lowest BCUT2D eigenvalue weighted by Crippen LogP contribution is -2.27. The van der Waals surface area contributed by atoms with Crippen LogP contribution in [0.3, 0.4) is 0 Å². The Morgan fingerprint density at radius 3 is 1.59 bits per heavy atom. The number of hydrogen-bond acceptors (Lipinski definition) is 2. The topological polar surface area (TPSA) is 34.1 Å². The van der Waals surface area contributed by atoms with Crippen LogP contribution in [-0.4, -0.2) is 6.29 Å². The minimum absolute atomic E-state index is 0.346. The van der Waals surface area contributed by atoms with Gasteiger partial charge in [-0.25, -0.2) is 0 Å². The molecule has 3 rings (SSSR count). The van der Waals surface area contributed by atoms with Crippen molar-refractivity contribution in [2.45, 2.75) is 0 Å². The molecule has 22 heavy (non-hydrogen) atoms. The van der Waals surface area contributed by atoms with Crippen molar-refractivity contribution in [1.29, 1.82) is 0 Å². The second-order valence-electron chi connectivity index (χ2n) is 4.90. The van der Waals surface area contributed by atoms with Gasteiger partial charge in [0, 0.05) is 21.5 Å². The largest absolute Gasteiger partial charge is 0.309 e. The average molecular weight is 305 g/mol. The van der Waals surface area contributed by atoms with E-state index in [9.17, 15) is 9.36 Å². The molecule has 3 aromatic carbocycles. The van der Waals surface area contributed by atoms with Crippen molar-refractivity contribution in [3.63, 3.8) is 0 Å². The van der Waals surface area contributed by atoms with E-state index in [-0.39, 0.29) is 0 Å². The first-order chi connectivity index (χ1) is 10.8. The quantitative estimate of drug-likeness (QED) is 0.695. The van der Waals surface area contributed by atoms with Gasteiger partial charge in [0.05, 0.1) is 0 Å². The van der Waals surface area contributed by atoms with Crippen molar-refractivity contribution in [2.75, 3.05) is 0 Å². The van der Waals surface area contributed by atoms with Gasteiger partial charge in [-0.15, -0.1) is 0 Å². The van der Waals surface area contributed by atoms with Gasteiger partial charge in [-0.05, 0) is 0 Å². The van der Waals surface area contributed by atoms with Crippen molar-refractivity contribution in [3.05, 3.63) is 90.5 Å². The second-order valence-corrected chi connectivity index (χ2v) is 7.63. The molecule has 0 fully saturated rings. The van der Waals surface area contributed by atoms with E-state index in [4.69, 9.17) is 0 Å². The maximum Gasteiger partial charge on any atom is 0.234 e. The summed E-state index contributed by atoms with van der Waals surface area (Å²) in [6.45, 7) is 0. The molecule has 0 heterocycles. The van der Waals surface area contributed by atoms with Crippen LogP contribution in [0.25, 0.3) is 0 Å². The first kappa shape index (κ1) is 14.5. The number of rotatable bonds is 4. The van der Waals surface area contributed by atoms with Crippen LogP contribution in [0.2, 0.25) is 0 Å². The molecule has 0 aromatic heterocycles. The lowest BCUT2D eigenvalue weighted by Gasteiger charge is -2.21. The van der Waals surface area contributed by atoms with E-state index >= 15 is 0 Å². The minimum atomic E-state index is -3.09. The zero-order valence-electron chi connectivity index (χ0n) is 11.8. The maximum absolute atomic E-state index is 14.0. The zero-order valence-corrected chi connectivity index (χ0v) is 12.7. The molecule has 0 spiro atoms. The van der Waals surface area contributed by atoms with Crippen molar-refractivity contribution in [3.8, 4) is 0 Å². The standard InChI is InChI=1S/C19H14O2P/c20-15-16-9-7-8-14-19(16)22(21,17-10-3-1-4-11-17)18-12-5-2-6-13-18/h1-14H. The molecule has 0 atom stereocenters. The first-order valence-electron chi connectivity index (χ1n) is 6.96. The Kier molecular flexibility index (Phi) is 4.04. The summed E-state index contributed by atoms with van der Waals surface area (Å²) in [7, 11) is -3.09. The molecule has 0 aliphatic rings. The summed E-state index contributed by atoms with van der Waals surface area (Å²) in [5.41, 5.74) is 0.346. The third kappa shape index (κ3) is 2.43. The molecule has 3 aromatic rings. The maximum atomic E-state index is 14.0. The van der Waals surface area contributed by atoms with Crippen LogP contribution in [0.5, 0.6) is 0 Å². The number of carbonyl (C=O) groups excluding carboxylic acids is 1. The Bertz CT molecular complexity index is 783. The Balaban J connectivity index is 2.34. The van der Waals surface area contributed by atoms with E-state index in [2.05, 4.69) is 0 Å². The molecular formula is C19H14O2P. The van der Waals surface area contributed by atoms with Crippen molar-refractivity contribution in [1.82, 2.24) is 0 Å². The highest BCUT2D eigenvalue weighted by atomic mass is 31.2. The van der Waals surface area contributed by atoms with Crippen LogP contribution in [0.15, 0.2) is 84.9 Å². The van der Waals surface area contributed by atoms with E-state index < -0.39 is 7.14 Å². The fourth-order valence-corrected chi connectivity index (χ4v) is 5.33. The lowest BCUT2D eigenvalue weighted by atomic mass is 10.2. The van der Waals surface area contributed by atoms with Gasteiger partial charge >= 0.3 is 0 Å². The van der Waals surface area contributed by atoms with Gasteiger partial charge in [-0.1, -0.05) is 84.9 Å². The molecule has 0 bridgehead atoms. The van der Waals surface area contributed by atoms with E-state index in [1.807, 2.05) is 66.9 Å². The van der Waals surface area contributed by atoms with Gasteiger partial charge in [-0.3, -0.25) is 4.79 Å². The predicted molar refractivity (Wildman–Crippen MR) is 90.6 cm³/mol. The molecule has 0 saturated carbocycles. The second kappa shape index (κ2) is 6.13. The lowest BCUT2D eigenvalue weighted by molar-refractivity contribution is 0.562. The van der Waals surface area contributed by atoms with Crippen LogP contribution in [-0.2, 0) is 9.36 Å². The molecule has 0 saturated heterocycles. The smallest absolute Gasteiger partial charge is 0.234 e. The highest BCUT2D eigenvalue weighted by Crippen LogP contribution is 2.42. The molecule has 0 aliphatic heterocycles. The highest BCUT2D eigenvalue weighted by Gasteiger charge is 2.31. The fourth-order valence-electron chi connectivity index (χ4n) is 2.54. The van der Waals surface area contributed by atoms with E-state index in [0.29, 0.717) is 21.5 Å². The molecule has 1 radical (unpaired) electrons. The Hall–Kier alpha value is -2.44. The van der Waals surface area contributed by atoms with E-state index in [1.54, 1.807) is 24.3 Å². The van der Waals surface area contributed by atoms with Crippen molar-refractivity contribution >= 4 is 29.3 Å². The summed E-state index contributed by atoms with van der Waals surface area (Å²) in [6, 6.07) is 25.5. The number of hydrogen-bond donors (Lipinski definition) is 0. The summed E-state index contributed by atoms with van der Waals surface area (Å²) < 4.78 is 14.0. The van der Waals surface area contributed by atoms with E-state index in [0.717, 1.165) is 0 Å². The Morgan fingerprint density at radius 2 is 1.09 bits per heavy atom. The Morgan fingerprint density at radius 1 is 0.636 bits per heavy atom. The van der Waals surface area contributed by atoms with Crippen LogP contribution in [0.1, 0.15) is 5.56 Å². The average Bonchev–Trinajstić information content (AvgIpc) is 2.62. The zero-order chi connectivity index (χ0) is 15.4. The van der Waals surface area contributed by atoms with Gasteiger partial charge in [0.15, 0.2) is 7.14 Å². The predicted octanol–water partition coefficient (Wildman–Crippen LogP) is 2.78. The normalized spacial score (nSPS) is 11.1. The summed E-state index contributed by atoms with van der Waals surface area (Å²) >= 11 is 0. The third-order valence-electron chi connectivity index (χ3n) is 3.59. The third-order valence-corrected chi connectivity index (χ3v) is 6.71. The fraction of sp³-hybridized carbons (Fsp3) is 0. The number of benzene rings is 3. The van der Waals surface area contributed by atoms with Gasteiger partial charge in [-0.2, -0.15) is 0 Å². The monoisotopic (exact) mass is 305 g/mol. The first-order valence-corrected chi connectivity index (χ1v) is 8.66. The summed E-state index contributed by atoms with van der Waals surface area (Å²) in [5, 5.41) is 1.95. The molecule has 0 N–H and O–H groups in total. The van der Waals surface area contributed by atoms with Crippen LogP contribution < -0.4 is 15.9 Å². The summed E-state index contributed by atoms with van der Waals surface area (Å²) in [4.78, 5) is 11.3. The summed E-state index contributed by atoms with van der Waals surface area (Å²) in [5.74, 6) is 0. The van der Waals surface area contributed by atoms with E-state index in [1.165, 1.54) is 0 Å². The molecule has 0 unspecified atom stereocenters. The highest BCUT2D eigenvalue weighted by molar-refractivity contribution is 7.85. The molecule has 107 valence electrons. The Labute approximate surface area is 129 Å². The van der Waals surface area contributed by atoms with Crippen molar-refractivity contribution in [2.24, 2.45) is 0 Å². The molecular weight excluding hydrogens is 291 g/mol. The molecule has 2 nitrogen and oxygen atoms in total. The molecule has 0 aliphatic carbocycles. The van der Waals surface area contributed by atoms with Gasteiger partial charge < -0.3 is 4.57 Å². The van der Waals surface area contributed by atoms with Gasteiger partial charge in [0.25, 0.3) is 0 Å². The van der Waals surface area contributed by atoms with Crippen LogP contribution in [0, 0.1) is 0 Å². The minimum Gasteiger partial charge on any atom is -0.309 e. The van der Waals surface area contributed by atoms with Gasteiger partial charge in [0.2, 0.25) is 6.29 Å². The van der Waals surface area contributed by atoms with Crippen molar-refractivity contribution < 1.29 is 9.36 Å². The van der Waals surface area contributed by atoms with Crippen LogP contribution >= 0.6 is 7.14 Å². The summed E-state index contributed by atoms with van der Waals surface area (Å²) in [6.07, 6.45) is 1.92. The molecule has 0 amide bonds. The van der Waals surface area contributed by atoms with Crippen LogP contribution in [0.4, 0.5) is 0 Å². The SMILES string of the molecule is O=[C]c1ccccc1P(=O)(c1ccccc1)c1ccccc1.